The van der Waals surface area contributed by atoms with E-state index < -0.39 is 4.92 Å². The molecule has 7 heteroatoms. The number of ether oxygens (including phenoxy) is 1. The van der Waals surface area contributed by atoms with Gasteiger partial charge in [0.15, 0.2) is 0 Å². The number of aromatic nitrogens is 1. The van der Waals surface area contributed by atoms with Crippen molar-refractivity contribution >= 4 is 23.6 Å². The van der Waals surface area contributed by atoms with Crippen LogP contribution >= 0.6 is 0 Å². The molecule has 0 radical (unpaired) electrons. The van der Waals surface area contributed by atoms with Crippen molar-refractivity contribution in [1.82, 2.24) is 4.57 Å². The largest absolute Gasteiger partial charge is 0.465 e. The highest BCUT2D eigenvalue weighted by Gasteiger charge is 2.12. The molecule has 0 aliphatic carbocycles. The molecule has 0 N–H and O–H groups in total. The maximum atomic E-state index is 11.6. The van der Waals surface area contributed by atoms with E-state index in [-0.39, 0.29) is 11.7 Å². The van der Waals surface area contributed by atoms with Crippen LogP contribution in [0.4, 0.5) is 11.4 Å². The Morgan fingerprint density at radius 1 is 1.10 bits per heavy atom. The van der Waals surface area contributed by atoms with Crippen LogP contribution in [0, 0.1) is 30.9 Å². The molecule has 0 spiro atoms. The van der Waals surface area contributed by atoms with E-state index in [1.54, 1.807) is 31.3 Å². The normalized spacial score (nSPS) is 11.0. The second-order valence-electron chi connectivity index (χ2n) is 6.69. The minimum absolute atomic E-state index is 0.0510. The Hall–Kier alpha value is -3.74. The quantitative estimate of drug-likeness (QED) is 0.269. The number of esters is 1. The van der Waals surface area contributed by atoms with Crippen LogP contribution in [-0.4, -0.2) is 28.8 Å². The highest BCUT2D eigenvalue weighted by atomic mass is 16.6. The summed E-state index contributed by atoms with van der Waals surface area (Å²) in [6.45, 7) is 5.78. The van der Waals surface area contributed by atoms with Crippen molar-refractivity contribution in [2.75, 3.05) is 7.11 Å². The summed E-state index contributed by atoms with van der Waals surface area (Å²) in [5.74, 6) is -0.371. The molecular formula is C22H21N3O4. The molecule has 0 fully saturated rings. The lowest BCUT2D eigenvalue weighted by Crippen LogP contribution is -2.03. The molecule has 0 bridgehead atoms. The minimum Gasteiger partial charge on any atom is -0.465 e. The highest BCUT2D eigenvalue weighted by Crippen LogP contribution is 2.25. The summed E-state index contributed by atoms with van der Waals surface area (Å²) in [4.78, 5) is 26.6. The summed E-state index contributed by atoms with van der Waals surface area (Å²) < 4.78 is 6.81. The second-order valence-corrected chi connectivity index (χ2v) is 6.69. The van der Waals surface area contributed by atoms with Gasteiger partial charge in [0.2, 0.25) is 0 Å². The maximum Gasteiger partial charge on any atom is 0.337 e. The Bertz CT molecular complexity index is 1110. The lowest BCUT2D eigenvalue weighted by atomic mass is 10.2. The third-order valence-electron chi connectivity index (χ3n) is 4.75. The van der Waals surface area contributed by atoms with Crippen LogP contribution in [0.2, 0.25) is 0 Å². The summed E-state index contributed by atoms with van der Waals surface area (Å²) in [5, 5.41) is 10.9. The van der Waals surface area contributed by atoms with Crippen LogP contribution in [0.1, 0.15) is 32.9 Å². The number of nitro groups is 1. The molecule has 0 saturated heterocycles. The van der Waals surface area contributed by atoms with E-state index in [0.29, 0.717) is 11.3 Å². The number of methoxy groups -OCH3 is 1. The number of nitrogens with zero attached hydrogens (tertiary/aromatic N) is 3. The zero-order valence-electron chi connectivity index (χ0n) is 16.7. The summed E-state index contributed by atoms with van der Waals surface area (Å²) in [6, 6.07) is 13.8. The number of carbonyl (C=O) groups is 1. The van der Waals surface area contributed by atoms with Crippen molar-refractivity contribution in [2.45, 2.75) is 20.8 Å². The van der Waals surface area contributed by atoms with E-state index >= 15 is 0 Å². The summed E-state index contributed by atoms with van der Waals surface area (Å²) in [5.41, 5.74) is 5.86. The van der Waals surface area contributed by atoms with Crippen molar-refractivity contribution in [1.29, 1.82) is 0 Å². The van der Waals surface area contributed by atoms with E-state index in [1.807, 2.05) is 32.0 Å². The zero-order valence-corrected chi connectivity index (χ0v) is 16.7. The van der Waals surface area contributed by atoms with Crippen molar-refractivity contribution < 1.29 is 14.5 Å². The van der Waals surface area contributed by atoms with E-state index in [0.717, 1.165) is 28.2 Å². The van der Waals surface area contributed by atoms with Gasteiger partial charge in [0.1, 0.15) is 0 Å². The molecule has 3 aromatic rings. The second kappa shape index (κ2) is 8.10. The van der Waals surface area contributed by atoms with Crippen LogP contribution in [0.3, 0.4) is 0 Å². The van der Waals surface area contributed by atoms with Gasteiger partial charge in [-0.25, -0.2) is 4.79 Å². The van der Waals surface area contributed by atoms with Crippen molar-refractivity contribution in [2.24, 2.45) is 4.99 Å². The molecule has 148 valence electrons. The Morgan fingerprint density at radius 2 is 1.79 bits per heavy atom. The topological polar surface area (TPSA) is 86.7 Å². The zero-order chi connectivity index (χ0) is 21.1. The van der Waals surface area contributed by atoms with Gasteiger partial charge in [0.05, 0.1) is 23.3 Å². The highest BCUT2D eigenvalue weighted by molar-refractivity contribution is 5.89. The van der Waals surface area contributed by atoms with Gasteiger partial charge in [-0.3, -0.25) is 15.1 Å². The van der Waals surface area contributed by atoms with Gasteiger partial charge in [-0.15, -0.1) is 0 Å². The van der Waals surface area contributed by atoms with Gasteiger partial charge in [-0.05, 0) is 62.7 Å². The van der Waals surface area contributed by atoms with Gasteiger partial charge in [-0.2, -0.15) is 0 Å². The molecule has 29 heavy (non-hydrogen) atoms. The number of carbonyl (C=O) groups excluding carboxylic acids is 1. The van der Waals surface area contributed by atoms with Crippen LogP contribution < -0.4 is 0 Å². The average Bonchev–Trinajstić information content (AvgIpc) is 2.99. The van der Waals surface area contributed by atoms with Crippen LogP contribution in [0.5, 0.6) is 0 Å². The van der Waals surface area contributed by atoms with Crippen LogP contribution in [0.15, 0.2) is 53.5 Å². The Labute approximate surface area is 168 Å². The molecular weight excluding hydrogens is 370 g/mol. The molecule has 0 saturated carbocycles. The van der Waals surface area contributed by atoms with Crippen molar-refractivity contribution in [3.63, 3.8) is 0 Å². The predicted octanol–water partition coefficient (Wildman–Crippen LogP) is 4.85. The lowest BCUT2D eigenvalue weighted by Gasteiger charge is -2.10. The number of hydrogen-bond acceptors (Lipinski definition) is 5. The minimum atomic E-state index is -0.417. The lowest BCUT2D eigenvalue weighted by molar-refractivity contribution is -0.384. The first-order valence-corrected chi connectivity index (χ1v) is 8.98. The molecule has 1 aromatic heterocycles. The number of non-ortho nitro benzene ring substituents is 1. The predicted molar refractivity (Wildman–Crippen MR) is 112 cm³/mol. The molecule has 0 aliphatic heterocycles. The fourth-order valence-electron chi connectivity index (χ4n) is 3.22. The number of nitro benzene ring substituents is 1. The fraction of sp³-hybridized carbons (Fsp3) is 0.182. The number of hydrogen-bond donors (Lipinski definition) is 0. The first-order valence-electron chi connectivity index (χ1n) is 8.98. The standard InChI is InChI=1S/C22H21N3O4/c1-14-11-20(25(27)28)9-10-21(14)23-13-18-12-15(2)24(16(18)3)19-7-5-17(6-8-19)22(26)29-4/h5-13H,1-4H3. The molecule has 3 rings (SSSR count). The van der Waals surface area contributed by atoms with Gasteiger partial charge >= 0.3 is 5.97 Å². The van der Waals surface area contributed by atoms with Crippen LogP contribution in [0.25, 0.3) is 5.69 Å². The molecule has 7 nitrogen and oxygen atoms in total. The van der Waals surface area contributed by atoms with E-state index in [4.69, 9.17) is 4.74 Å². The SMILES string of the molecule is COC(=O)c1ccc(-n2c(C)cc(C=Nc3ccc([N+](=O)[O-])cc3C)c2C)cc1. The molecule has 0 aliphatic rings. The first kappa shape index (κ1) is 20.0. The van der Waals surface area contributed by atoms with Gasteiger partial charge in [0, 0.05) is 41.0 Å². The third-order valence-corrected chi connectivity index (χ3v) is 4.75. The Morgan fingerprint density at radius 3 is 2.38 bits per heavy atom. The van der Waals surface area contributed by atoms with Crippen LogP contribution in [-0.2, 0) is 4.74 Å². The summed E-state index contributed by atoms with van der Waals surface area (Å²) >= 11 is 0. The Balaban J connectivity index is 1.91. The maximum absolute atomic E-state index is 11.6. The number of benzene rings is 2. The van der Waals surface area contributed by atoms with E-state index in [2.05, 4.69) is 9.56 Å². The molecule has 0 atom stereocenters. The molecule has 0 amide bonds. The van der Waals surface area contributed by atoms with Gasteiger partial charge in [0.25, 0.3) is 5.69 Å². The first-order chi connectivity index (χ1) is 13.8. The third kappa shape index (κ3) is 4.08. The summed E-state index contributed by atoms with van der Waals surface area (Å²) in [7, 11) is 1.36. The smallest absolute Gasteiger partial charge is 0.337 e. The number of rotatable bonds is 5. The van der Waals surface area contributed by atoms with Gasteiger partial charge < -0.3 is 9.30 Å². The molecule has 0 unspecified atom stereocenters. The summed E-state index contributed by atoms with van der Waals surface area (Å²) in [6.07, 6.45) is 1.76. The molecule has 1 heterocycles. The number of aliphatic imine (C=N–C) groups is 1. The monoisotopic (exact) mass is 391 g/mol. The van der Waals surface area contributed by atoms with Gasteiger partial charge in [-0.1, -0.05) is 0 Å². The van der Waals surface area contributed by atoms with E-state index in [1.165, 1.54) is 19.2 Å². The van der Waals surface area contributed by atoms with Crippen molar-refractivity contribution in [3.8, 4) is 5.69 Å². The molecule has 2 aromatic carbocycles. The van der Waals surface area contributed by atoms with Crippen molar-refractivity contribution in [3.05, 3.63) is 86.7 Å². The van der Waals surface area contributed by atoms with E-state index in [9.17, 15) is 14.9 Å². The fourth-order valence-corrected chi connectivity index (χ4v) is 3.22. The Kier molecular flexibility index (Phi) is 5.59. The number of aryl methyl sites for hydroxylation is 2. The average molecular weight is 391 g/mol.